The second-order valence-corrected chi connectivity index (χ2v) is 9.13. The van der Waals surface area contributed by atoms with Crippen molar-refractivity contribution in [3.05, 3.63) is 58.1 Å². The minimum atomic E-state index is -0.676. The summed E-state index contributed by atoms with van der Waals surface area (Å²) < 4.78 is 11.2. The number of nitrogens with zero attached hydrogens (tertiary/aromatic N) is 1. The highest BCUT2D eigenvalue weighted by Gasteiger charge is 2.36. The molecule has 0 aromatic heterocycles. The van der Waals surface area contributed by atoms with E-state index in [1.807, 2.05) is 19.1 Å². The summed E-state index contributed by atoms with van der Waals surface area (Å²) in [7, 11) is 0. The van der Waals surface area contributed by atoms with Crippen molar-refractivity contribution < 1.29 is 28.7 Å². The van der Waals surface area contributed by atoms with Gasteiger partial charge in [0.25, 0.3) is 5.91 Å². The maximum atomic E-state index is 12.5. The molecule has 0 aliphatic carbocycles. The van der Waals surface area contributed by atoms with E-state index in [0.29, 0.717) is 16.9 Å². The number of carbonyl (C=O) groups excluding carboxylic acids is 4. The summed E-state index contributed by atoms with van der Waals surface area (Å²) in [5.74, 6) is -2.40. The Labute approximate surface area is 206 Å². The van der Waals surface area contributed by atoms with Crippen LogP contribution in [-0.4, -0.2) is 43.0 Å². The van der Waals surface area contributed by atoms with Crippen LogP contribution in [0.4, 0.5) is 11.4 Å². The molecule has 180 valence electrons. The Kier molecular flexibility index (Phi) is 8.44. The quantitative estimate of drug-likeness (QED) is 0.515. The lowest BCUT2D eigenvalue weighted by Crippen LogP contribution is -2.28. The molecule has 3 rings (SSSR count). The summed E-state index contributed by atoms with van der Waals surface area (Å²) in [6, 6.07) is 12.0. The van der Waals surface area contributed by atoms with Crippen LogP contribution in [0.1, 0.15) is 43.1 Å². The first-order chi connectivity index (χ1) is 16.2. The van der Waals surface area contributed by atoms with Gasteiger partial charge in [-0.25, -0.2) is 4.79 Å². The molecular formula is C25H27BrN2O6. The number of aryl methyl sites for hydroxylation is 1. The van der Waals surface area contributed by atoms with E-state index in [1.54, 1.807) is 44.2 Å². The molecule has 1 heterocycles. The van der Waals surface area contributed by atoms with Gasteiger partial charge in [0.05, 0.1) is 17.6 Å². The number of nitrogens with one attached hydrogen (secondary N) is 1. The Morgan fingerprint density at radius 1 is 1.15 bits per heavy atom. The minimum absolute atomic E-state index is 0.00963. The third kappa shape index (κ3) is 6.44. The van der Waals surface area contributed by atoms with E-state index in [-0.39, 0.29) is 25.0 Å². The summed E-state index contributed by atoms with van der Waals surface area (Å²) in [4.78, 5) is 50.7. The molecule has 0 unspecified atom stereocenters. The van der Waals surface area contributed by atoms with Crippen LogP contribution in [0.25, 0.3) is 0 Å². The monoisotopic (exact) mass is 530 g/mol. The summed E-state index contributed by atoms with van der Waals surface area (Å²) in [6.07, 6.45) is 0.490. The van der Waals surface area contributed by atoms with E-state index in [0.717, 1.165) is 16.5 Å². The zero-order valence-electron chi connectivity index (χ0n) is 19.3. The van der Waals surface area contributed by atoms with Crippen LogP contribution in [0.2, 0.25) is 0 Å². The van der Waals surface area contributed by atoms with E-state index in [2.05, 4.69) is 21.2 Å². The van der Waals surface area contributed by atoms with Crippen LogP contribution < -0.4 is 10.2 Å². The molecule has 0 saturated carbocycles. The van der Waals surface area contributed by atoms with Gasteiger partial charge >= 0.3 is 11.9 Å². The van der Waals surface area contributed by atoms with E-state index in [1.165, 1.54) is 4.90 Å². The van der Waals surface area contributed by atoms with Crippen LogP contribution in [-0.2, 0) is 30.3 Å². The first-order valence-electron chi connectivity index (χ1n) is 11.0. The van der Waals surface area contributed by atoms with Crippen LogP contribution in [0.3, 0.4) is 0 Å². The maximum Gasteiger partial charge on any atom is 0.338 e. The minimum Gasteiger partial charge on any atom is -0.459 e. The number of hydrogen-bond acceptors (Lipinski definition) is 6. The van der Waals surface area contributed by atoms with Crippen molar-refractivity contribution in [3.8, 4) is 0 Å². The first-order valence-corrected chi connectivity index (χ1v) is 11.8. The van der Waals surface area contributed by atoms with Crippen molar-refractivity contribution in [2.75, 3.05) is 23.4 Å². The van der Waals surface area contributed by atoms with Gasteiger partial charge < -0.3 is 19.7 Å². The fraction of sp³-hybridized carbons (Fsp3) is 0.360. The van der Waals surface area contributed by atoms with Crippen molar-refractivity contribution in [1.82, 2.24) is 0 Å². The first kappa shape index (κ1) is 25.4. The topological polar surface area (TPSA) is 102 Å². The average Bonchev–Trinajstić information content (AvgIpc) is 3.20. The summed E-state index contributed by atoms with van der Waals surface area (Å²) in [6.45, 7) is 5.21. The Bertz CT molecular complexity index is 1080. The van der Waals surface area contributed by atoms with Crippen LogP contribution >= 0.6 is 15.9 Å². The van der Waals surface area contributed by atoms with Gasteiger partial charge in [-0.1, -0.05) is 22.9 Å². The largest absolute Gasteiger partial charge is 0.459 e. The number of benzene rings is 2. The molecule has 34 heavy (non-hydrogen) atoms. The van der Waals surface area contributed by atoms with Gasteiger partial charge in [0, 0.05) is 28.8 Å². The van der Waals surface area contributed by atoms with Crippen molar-refractivity contribution in [2.45, 2.75) is 39.7 Å². The second kappa shape index (κ2) is 11.3. The van der Waals surface area contributed by atoms with Crippen LogP contribution in [0, 0.1) is 5.92 Å². The van der Waals surface area contributed by atoms with Crippen LogP contribution in [0.5, 0.6) is 0 Å². The van der Waals surface area contributed by atoms with Gasteiger partial charge in [-0.15, -0.1) is 0 Å². The smallest absolute Gasteiger partial charge is 0.338 e. The highest BCUT2D eigenvalue weighted by atomic mass is 79.9. The highest BCUT2D eigenvalue weighted by Crippen LogP contribution is 2.27. The molecule has 2 aromatic rings. The number of carbonyl (C=O) groups is 4. The molecular weight excluding hydrogens is 504 g/mol. The molecule has 0 spiro atoms. The van der Waals surface area contributed by atoms with Crippen molar-refractivity contribution >= 4 is 51.1 Å². The number of ether oxygens (including phenoxy) is 2. The number of amides is 2. The molecule has 1 aliphatic rings. The van der Waals surface area contributed by atoms with Crippen molar-refractivity contribution in [3.63, 3.8) is 0 Å². The lowest BCUT2D eigenvalue weighted by atomic mass is 10.1. The van der Waals surface area contributed by atoms with Gasteiger partial charge in [-0.2, -0.15) is 0 Å². The summed E-state index contributed by atoms with van der Waals surface area (Å²) >= 11 is 3.40. The molecule has 0 bridgehead atoms. The van der Waals surface area contributed by atoms with Gasteiger partial charge in [0.2, 0.25) is 5.91 Å². The molecule has 1 fully saturated rings. The second-order valence-electron chi connectivity index (χ2n) is 8.22. The highest BCUT2D eigenvalue weighted by molar-refractivity contribution is 9.10. The fourth-order valence-corrected chi connectivity index (χ4v) is 4.00. The van der Waals surface area contributed by atoms with Gasteiger partial charge in [0.15, 0.2) is 6.61 Å². The third-order valence-corrected chi connectivity index (χ3v) is 5.78. The molecule has 2 amide bonds. The SMILES string of the molecule is CCc1cc(Br)ccc1NC(=O)COC(=O)[C@H]1CC(=O)N(c2ccc(C(=O)OC(C)C)cc2)C1. The molecule has 1 atom stereocenters. The van der Waals surface area contributed by atoms with Gasteiger partial charge in [0.1, 0.15) is 0 Å². The number of esters is 2. The normalized spacial score (nSPS) is 15.4. The lowest BCUT2D eigenvalue weighted by molar-refractivity contribution is -0.151. The number of halogens is 1. The molecule has 1 aliphatic heterocycles. The molecule has 9 heteroatoms. The van der Waals surface area contributed by atoms with Crippen molar-refractivity contribution in [2.24, 2.45) is 5.92 Å². The van der Waals surface area contributed by atoms with E-state index < -0.39 is 30.4 Å². The molecule has 1 saturated heterocycles. The van der Waals surface area contributed by atoms with E-state index in [9.17, 15) is 19.2 Å². The van der Waals surface area contributed by atoms with Crippen molar-refractivity contribution in [1.29, 1.82) is 0 Å². The Balaban J connectivity index is 1.54. The summed E-state index contributed by atoms with van der Waals surface area (Å²) in [5, 5.41) is 2.75. The number of hydrogen-bond donors (Lipinski definition) is 1. The predicted molar refractivity (Wildman–Crippen MR) is 131 cm³/mol. The van der Waals surface area contributed by atoms with E-state index >= 15 is 0 Å². The fourth-order valence-electron chi connectivity index (χ4n) is 3.59. The van der Waals surface area contributed by atoms with Gasteiger partial charge in [-0.3, -0.25) is 14.4 Å². The zero-order valence-corrected chi connectivity index (χ0v) is 20.9. The zero-order chi connectivity index (χ0) is 24.8. The predicted octanol–water partition coefficient (Wildman–Crippen LogP) is 4.11. The molecule has 1 N–H and O–H groups in total. The number of anilines is 2. The number of rotatable bonds is 8. The standard InChI is InChI=1S/C25H27BrN2O6/c1-4-16-11-19(26)7-10-21(16)27-22(29)14-33-24(31)18-12-23(30)28(13-18)20-8-5-17(6-9-20)25(32)34-15(2)3/h5-11,15,18H,4,12-14H2,1-3H3,(H,27,29)/t18-/m0/s1. The summed E-state index contributed by atoms with van der Waals surface area (Å²) in [5.41, 5.74) is 2.56. The molecule has 8 nitrogen and oxygen atoms in total. The third-order valence-electron chi connectivity index (χ3n) is 5.28. The lowest BCUT2D eigenvalue weighted by Gasteiger charge is -2.17. The Hall–Kier alpha value is -3.20. The van der Waals surface area contributed by atoms with E-state index in [4.69, 9.17) is 9.47 Å². The maximum absolute atomic E-state index is 12.5. The molecule has 2 aromatic carbocycles. The van der Waals surface area contributed by atoms with Gasteiger partial charge in [-0.05, 0) is 68.3 Å². The van der Waals surface area contributed by atoms with Crippen LogP contribution in [0.15, 0.2) is 46.9 Å². The molecule has 0 radical (unpaired) electrons. The Morgan fingerprint density at radius 2 is 1.85 bits per heavy atom. The Morgan fingerprint density at radius 3 is 2.50 bits per heavy atom. The average molecular weight is 531 g/mol.